The fourth-order valence-electron chi connectivity index (χ4n) is 1.00. The Balaban J connectivity index is 1.89. The lowest BCUT2D eigenvalue weighted by molar-refractivity contribution is 0.960. The third-order valence-electron chi connectivity index (χ3n) is 1.60. The summed E-state index contributed by atoms with van der Waals surface area (Å²) in [6.45, 7) is 2.15. The zero-order valence-electron chi connectivity index (χ0n) is 7.86. The van der Waals surface area contributed by atoms with Crippen molar-refractivity contribution < 1.29 is 0 Å². The number of hydrogen-bond acceptors (Lipinski definition) is 4. The van der Waals surface area contributed by atoms with E-state index in [-0.39, 0.29) is 0 Å². The third-order valence-corrected chi connectivity index (χ3v) is 5.65. The summed E-state index contributed by atoms with van der Waals surface area (Å²) in [5.74, 6) is 2.47. The third kappa shape index (κ3) is 6.26. The zero-order valence-corrected chi connectivity index (χ0v) is 11.2. The van der Waals surface area contributed by atoms with Gasteiger partial charge in [0.1, 0.15) is 0 Å². The molecule has 1 heterocycles. The van der Waals surface area contributed by atoms with Crippen molar-refractivity contribution in [1.29, 1.82) is 0 Å². The maximum atomic E-state index is 4.35. The number of hydrogen-bond donors (Lipinski definition) is 1. The van der Waals surface area contributed by atoms with E-state index in [2.05, 4.69) is 25.0 Å². The Bertz CT molecular complexity index is 165. The lowest BCUT2D eigenvalue weighted by Gasteiger charge is -2.03. The van der Waals surface area contributed by atoms with Gasteiger partial charge >= 0.3 is 0 Å². The van der Waals surface area contributed by atoms with Crippen molar-refractivity contribution in [2.75, 3.05) is 16.6 Å². The quantitative estimate of drug-likeness (QED) is 0.559. The molecular formula is C9H16S4. The van der Waals surface area contributed by atoms with Crippen molar-refractivity contribution in [3.8, 4) is 0 Å². The van der Waals surface area contributed by atoms with E-state index >= 15 is 0 Å². The normalized spacial score (nSPS) is 18.8. The first-order chi connectivity index (χ1) is 6.29. The van der Waals surface area contributed by atoms with E-state index in [1.165, 1.54) is 29.4 Å². The van der Waals surface area contributed by atoms with Gasteiger partial charge in [-0.15, -0.1) is 23.5 Å². The maximum absolute atomic E-state index is 4.35. The molecule has 76 valence electrons. The molecule has 0 amide bonds. The SMILES string of the molecule is CC(S)CSCCCC1=CSCS1. The van der Waals surface area contributed by atoms with Crippen LogP contribution in [-0.2, 0) is 0 Å². The lowest BCUT2D eigenvalue weighted by atomic mass is 10.3. The molecule has 0 saturated heterocycles. The van der Waals surface area contributed by atoms with Crippen molar-refractivity contribution in [3.05, 3.63) is 10.3 Å². The van der Waals surface area contributed by atoms with Gasteiger partial charge in [-0.2, -0.15) is 24.4 Å². The smallest absolute Gasteiger partial charge is 0.0478 e. The van der Waals surface area contributed by atoms with E-state index in [0.717, 1.165) is 0 Å². The standard InChI is InChI=1S/C9H16S4/c1-8(10)5-11-4-2-3-9-6-12-7-13-9/h6,8,10H,2-5,7H2,1H3. The van der Waals surface area contributed by atoms with E-state index in [9.17, 15) is 0 Å². The largest absolute Gasteiger partial charge is 0.175 e. The first-order valence-corrected chi connectivity index (χ1v) is 8.19. The molecule has 0 aromatic carbocycles. The summed E-state index contributed by atoms with van der Waals surface area (Å²) < 4.78 is 0. The van der Waals surface area contributed by atoms with Gasteiger partial charge in [0.25, 0.3) is 0 Å². The highest BCUT2D eigenvalue weighted by atomic mass is 32.2. The molecule has 0 radical (unpaired) electrons. The Morgan fingerprint density at radius 1 is 1.69 bits per heavy atom. The monoisotopic (exact) mass is 252 g/mol. The van der Waals surface area contributed by atoms with Crippen molar-refractivity contribution >= 4 is 47.9 Å². The molecule has 1 unspecified atom stereocenters. The molecule has 13 heavy (non-hydrogen) atoms. The van der Waals surface area contributed by atoms with Crippen LogP contribution >= 0.6 is 47.9 Å². The van der Waals surface area contributed by atoms with E-state index in [0.29, 0.717) is 5.25 Å². The number of rotatable bonds is 6. The molecular weight excluding hydrogens is 236 g/mol. The average Bonchev–Trinajstić information content (AvgIpc) is 2.55. The summed E-state index contributed by atoms with van der Waals surface area (Å²) in [7, 11) is 0. The van der Waals surface area contributed by atoms with Crippen molar-refractivity contribution in [2.45, 2.75) is 25.0 Å². The second-order valence-corrected chi connectivity index (χ2v) is 7.40. The molecule has 4 heteroatoms. The van der Waals surface area contributed by atoms with E-state index in [1.54, 1.807) is 4.91 Å². The topological polar surface area (TPSA) is 0 Å². The lowest BCUT2D eigenvalue weighted by Crippen LogP contribution is -1.95. The summed E-state index contributed by atoms with van der Waals surface area (Å²) in [6.07, 6.45) is 2.61. The van der Waals surface area contributed by atoms with Crippen LogP contribution in [0, 0.1) is 0 Å². The minimum absolute atomic E-state index is 0.542. The number of thioether (sulfide) groups is 3. The van der Waals surface area contributed by atoms with E-state index in [1.807, 2.05) is 35.3 Å². The molecule has 0 N–H and O–H groups in total. The summed E-state index contributed by atoms with van der Waals surface area (Å²) in [5, 5.41) is 4.09. The molecule has 1 aliphatic rings. The van der Waals surface area contributed by atoms with Crippen LogP contribution in [0.2, 0.25) is 0 Å². The Hall–Kier alpha value is 1.14. The predicted octanol–water partition coefficient (Wildman–Crippen LogP) is 4.10. The summed E-state index contributed by atoms with van der Waals surface area (Å²) >= 11 is 10.3. The average molecular weight is 252 g/mol. The molecule has 0 aliphatic carbocycles. The van der Waals surface area contributed by atoms with Gasteiger partial charge in [0.2, 0.25) is 0 Å². The fraction of sp³-hybridized carbons (Fsp3) is 0.778. The van der Waals surface area contributed by atoms with Crippen LogP contribution in [-0.4, -0.2) is 21.8 Å². The van der Waals surface area contributed by atoms with Crippen LogP contribution in [0.3, 0.4) is 0 Å². The molecule has 1 rings (SSSR count). The zero-order chi connectivity index (χ0) is 9.52. The molecule has 0 aromatic rings. The Labute approximate surface area is 99.5 Å². The van der Waals surface area contributed by atoms with Crippen LogP contribution in [0.5, 0.6) is 0 Å². The van der Waals surface area contributed by atoms with E-state index < -0.39 is 0 Å². The summed E-state index contributed by atoms with van der Waals surface area (Å²) in [5.41, 5.74) is 0. The van der Waals surface area contributed by atoms with Crippen molar-refractivity contribution in [2.24, 2.45) is 0 Å². The Morgan fingerprint density at radius 2 is 2.54 bits per heavy atom. The van der Waals surface area contributed by atoms with Gasteiger partial charge in [-0.25, -0.2) is 0 Å². The molecule has 1 aliphatic heterocycles. The van der Waals surface area contributed by atoms with E-state index in [4.69, 9.17) is 0 Å². The van der Waals surface area contributed by atoms with Gasteiger partial charge in [-0.3, -0.25) is 0 Å². The van der Waals surface area contributed by atoms with Crippen LogP contribution < -0.4 is 0 Å². The Morgan fingerprint density at radius 3 is 3.15 bits per heavy atom. The second-order valence-electron chi connectivity index (χ2n) is 3.04. The molecule has 0 spiro atoms. The molecule has 0 nitrogen and oxygen atoms in total. The van der Waals surface area contributed by atoms with Gasteiger partial charge in [0.05, 0.1) is 0 Å². The van der Waals surface area contributed by atoms with Crippen LogP contribution in [0.15, 0.2) is 10.3 Å². The summed E-state index contributed by atoms with van der Waals surface area (Å²) in [4.78, 5) is 1.59. The van der Waals surface area contributed by atoms with Crippen LogP contribution in [0.25, 0.3) is 0 Å². The maximum Gasteiger partial charge on any atom is 0.0478 e. The van der Waals surface area contributed by atoms with Gasteiger partial charge < -0.3 is 0 Å². The number of allylic oxidation sites excluding steroid dienone is 1. The summed E-state index contributed by atoms with van der Waals surface area (Å²) in [6, 6.07) is 0. The molecule has 0 bridgehead atoms. The first-order valence-electron chi connectivity index (χ1n) is 4.48. The number of thiol groups is 1. The highest BCUT2D eigenvalue weighted by molar-refractivity contribution is 8.22. The molecule has 0 saturated carbocycles. The predicted molar refractivity (Wildman–Crippen MR) is 73.1 cm³/mol. The minimum Gasteiger partial charge on any atom is -0.175 e. The minimum atomic E-state index is 0.542. The van der Waals surface area contributed by atoms with Crippen LogP contribution in [0.4, 0.5) is 0 Å². The molecule has 0 fully saturated rings. The Kier molecular flexibility index (Phi) is 6.98. The highest BCUT2D eigenvalue weighted by Gasteiger charge is 2.04. The van der Waals surface area contributed by atoms with Crippen molar-refractivity contribution in [3.63, 3.8) is 0 Å². The van der Waals surface area contributed by atoms with Gasteiger partial charge in [-0.1, -0.05) is 6.92 Å². The molecule has 1 atom stereocenters. The van der Waals surface area contributed by atoms with Gasteiger partial charge in [0.15, 0.2) is 0 Å². The first kappa shape index (κ1) is 12.2. The highest BCUT2D eigenvalue weighted by Crippen LogP contribution is 2.34. The second kappa shape index (κ2) is 7.43. The van der Waals surface area contributed by atoms with Gasteiger partial charge in [0, 0.05) is 16.1 Å². The van der Waals surface area contributed by atoms with Gasteiger partial charge in [-0.05, 0) is 28.9 Å². The molecule has 0 aromatic heterocycles. The fourth-order valence-corrected chi connectivity index (χ4v) is 4.40. The van der Waals surface area contributed by atoms with Crippen molar-refractivity contribution in [1.82, 2.24) is 0 Å². The van der Waals surface area contributed by atoms with Crippen LogP contribution in [0.1, 0.15) is 19.8 Å².